The number of H-pyrrole nitrogens is 1. The standard InChI is InChI=1S/C20H22N2O4S/c21-20(23)17-8-12(11-3-4-26-10-11)7-16-18(9-22-19(16)17)13-5-14-1-2-15(6-13)27(14,24)25/h3-4,7-10,13-15,22,24-25H,1-2,5-6H2,(H2,21,23)/t13-,14+,15-. The fourth-order valence-electron chi connectivity index (χ4n) is 4.88. The molecule has 2 fully saturated rings. The van der Waals surface area contributed by atoms with Crippen LogP contribution >= 0.6 is 10.6 Å². The van der Waals surface area contributed by atoms with Crippen molar-refractivity contribution < 1.29 is 18.3 Å². The minimum atomic E-state index is -2.47. The predicted molar refractivity (Wildman–Crippen MR) is 106 cm³/mol. The number of aromatic amines is 1. The maximum Gasteiger partial charge on any atom is 0.250 e. The van der Waals surface area contributed by atoms with Crippen LogP contribution in [0.15, 0.2) is 41.3 Å². The van der Waals surface area contributed by atoms with Crippen LogP contribution in [0.25, 0.3) is 22.0 Å². The Morgan fingerprint density at radius 2 is 1.93 bits per heavy atom. The molecule has 4 heterocycles. The predicted octanol–water partition coefficient (Wildman–Crippen LogP) is 4.69. The highest BCUT2D eigenvalue weighted by Gasteiger charge is 2.47. The summed E-state index contributed by atoms with van der Waals surface area (Å²) in [6.07, 6.45) is 8.52. The van der Waals surface area contributed by atoms with Gasteiger partial charge in [0.1, 0.15) is 0 Å². The van der Waals surface area contributed by atoms with E-state index in [9.17, 15) is 13.9 Å². The molecule has 0 radical (unpaired) electrons. The van der Waals surface area contributed by atoms with Crippen LogP contribution < -0.4 is 5.73 Å². The van der Waals surface area contributed by atoms with E-state index in [4.69, 9.17) is 10.2 Å². The highest BCUT2D eigenvalue weighted by molar-refractivity contribution is 8.25. The van der Waals surface area contributed by atoms with Crippen molar-refractivity contribution >= 4 is 27.4 Å². The average Bonchev–Trinajstić information content (AvgIpc) is 3.31. The van der Waals surface area contributed by atoms with Crippen molar-refractivity contribution in [3.8, 4) is 11.1 Å². The van der Waals surface area contributed by atoms with E-state index in [1.54, 1.807) is 18.6 Å². The highest BCUT2D eigenvalue weighted by Crippen LogP contribution is 2.66. The van der Waals surface area contributed by atoms with Crippen LogP contribution in [-0.4, -0.2) is 30.5 Å². The summed E-state index contributed by atoms with van der Waals surface area (Å²) >= 11 is 0. The molecule has 5 N–H and O–H groups in total. The van der Waals surface area contributed by atoms with Crippen molar-refractivity contribution in [1.82, 2.24) is 4.98 Å². The van der Waals surface area contributed by atoms with Gasteiger partial charge in [0.15, 0.2) is 0 Å². The van der Waals surface area contributed by atoms with Crippen LogP contribution in [0.3, 0.4) is 0 Å². The molecule has 0 spiro atoms. The van der Waals surface area contributed by atoms with Crippen LogP contribution in [-0.2, 0) is 0 Å². The Balaban J connectivity index is 1.63. The van der Waals surface area contributed by atoms with E-state index >= 15 is 0 Å². The molecule has 27 heavy (non-hydrogen) atoms. The number of rotatable bonds is 3. The Kier molecular flexibility index (Phi) is 3.69. The number of hydrogen-bond acceptors (Lipinski definition) is 4. The molecule has 0 unspecified atom stereocenters. The van der Waals surface area contributed by atoms with E-state index in [2.05, 4.69) is 11.1 Å². The van der Waals surface area contributed by atoms with E-state index in [0.29, 0.717) is 5.56 Å². The second kappa shape index (κ2) is 5.89. The summed E-state index contributed by atoms with van der Waals surface area (Å²) in [6, 6.07) is 5.71. The first-order valence-corrected chi connectivity index (χ1v) is 10.9. The highest BCUT2D eigenvalue weighted by atomic mass is 32.3. The quantitative estimate of drug-likeness (QED) is 0.523. The molecule has 1 amide bonds. The van der Waals surface area contributed by atoms with Gasteiger partial charge in [-0.1, -0.05) is 0 Å². The molecule has 5 rings (SSSR count). The lowest BCUT2D eigenvalue weighted by Gasteiger charge is -2.46. The smallest absolute Gasteiger partial charge is 0.250 e. The molecular weight excluding hydrogens is 364 g/mol. The second-order valence-corrected chi connectivity index (χ2v) is 10.3. The van der Waals surface area contributed by atoms with Gasteiger partial charge < -0.3 is 15.1 Å². The number of nitrogens with one attached hydrogen (secondary N) is 1. The van der Waals surface area contributed by atoms with E-state index in [0.717, 1.165) is 53.3 Å². The average molecular weight is 386 g/mol. The molecule has 2 saturated heterocycles. The molecule has 3 aromatic rings. The topological polar surface area (TPSA) is 112 Å². The summed E-state index contributed by atoms with van der Waals surface area (Å²) in [5.41, 5.74) is 9.74. The first kappa shape index (κ1) is 16.9. The van der Waals surface area contributed by atoms with Crippen molar-refractivity contribution in [1.29, 1.82) is 0 Å². The van der Waals surface area contributed by atoms with Gasteiger partial charge in [-0.3, -0.25) is 13.9 Å². The number of carbonyl (C=O) groups excluding carboxylic acids is 1. The van der Waals surface area contributed by atoms with Crippen molar-refractivity contribution in [3.63, 3.8) is 0 Å². The van der Waals surface area contributed by atoms with Gasteiger partial charge in [-0.2, -0.15) is 10.6 Å². The molecule has 6 nitrogen and oxygen atoms in total. The summed E-state index contributed by atoms with van der Waals surface area (Å²) in [4.78, 5) is 15.3. The molecule has 3 atom stereocenters. The third-order valence-electron chi connectivity index (χ3n) is 6.27. The van der Waals surface area contributed by atoms with Gasteiger partial charge in [-0.25, -0.2) is 0 Å². The SMILES string of the molecule is NC(=O)c1cc(-c2ccoc2)cc2c([C@H]3C[C@H]4CC[C@@H](C3)S4(O)O)c[nH]c12. The van der Waals surface area contributed by atoms with Crippen LogP contribution in [0.4, 0.5) is 0 Å². The van der Waals surface area contributed by atoms with E-state index in [1.807, 2.05) is 12.3 Å². The molecule has 2 aliphatic rings. The molecule has 7 heteroatoms. The molecule has 2 aromatic heterocycles. The maximum atomic E-state index is 12.0. The number of primary amides is 1. The van der Waals surface area contributed by atoms with Gasteiger partial charge in [0.2, 0.25) is 0 Å². The first-order valence-electron chi connectivity index (χ1n) is 9.18. The van der Waals surface area contributed by atoms with Gasteiger partial charge in [0.25, 0.3) is 5.91 Å². The fraction of sp³-hybridized carbons (Fsp3) is 0.350. The number of nitrogens with two attached hydrogens (primary N) is 1. The summed E-state index contributed by atoms with van der Waals surface area (Å²) in [5.74, 6) is -0.229. The van der Waals surface area contributed by atoms with Crippen LogP contribution in [0.5, 0.6) is 0 Å². The lowest BCUT2D eigenvalue weighted by atomic mass is 9.89. The molecule has 0 saturated carbocycles. The fourth-order valence-corrected chi connectivity index (χ4v) is 7.42. The van der Waals surface area contributed by atoms with Crippen LogP contribution in [0.1, 0.15) is 47.5 Å². The van der Waals surface area contributed by atoms with Crippen LogP contribution in [0.2, 0.25) is 0 Å². The minimum Gasteiger partial charge on any atom is -0.472 e. The van der Waals surface area contributed by atoms with Gasteiger partial charge >= 0.3 is 0 Å². The van der Waals surface area contributed by atoms with Crippen LogP contribution in [0, 0.1) is 0 Å². The number of aromatic nitrogens is 1. The molecule has 2 aliphatic heterocycles. The van der Waals surface area contributed by atoms with E-state index in [-0.39, 0.29) is 16.4 Å². The third-order valence-corrected chi connectivity index (χ3v) is 9.09. The zero-order chi connectivity index (χ0) is 18.8. The second-order valence-electron chi connectivity index (χ2n) is 7.70. The number of fused-ring (bicyclic) bond motifs is 3. The Morgan fingerprint density at radius 3 is 2.56 bits per heavy atom. The third kappa shape index (κ3) is 2.53. The Hall–Kier alpha value is -2.22. The normalized spacial score (nSPS) is 27.7. The number of benzene rings is 1. The van der Waals surface area contributed by atoms with Gasteiger partial charge in [-0.05, 0) is 60.9 Å². The zero-order valence-corrected chi connectivity index (χ0v) is 15.5. The maximum absolute atomic E-state index is 12.0. The van der Waals surface area contributed by atoms with E-state index < -0.39 is 16.5 Å². The van der Waals surface area contributed by atoms with Crippen molar-refractivity contribution in [2.45, 2.75) is 42.1 Å². The lowest BCUT2D eigenvalue weighted by molar-refractivity contribution is 0.100. The van der Waals surface area contributed by atoms with Crippen molar-refractivity contribution in [2.75, 3.05) is 0 Å². The Morgan fingerprint density at radius 1 is 1.19 bits per heavy atom. The number of furan rings is 1. The zero-order valence-electron chi connectivity index (χ0n) is 14.7. The molecule has 142 valence electrons. The van der Waals surface area contributed by atoms with E-state index in [1.165, 1.54) is 0 Å². The monoisotopic (exact) mass is 386 g/mol. The summed E-state index contributed by atoms with van der Waals surface area (Å²) < 4.78 is 26.1. The van der Waals surface area contributed by atoms with Gasteiger partial charge in [0, 0.05) is 27.6 Å². The first-order chi connectivity index (χ1) is 12.9. The molecular formula is C20H22N2O4S. The Bertz CT molecular complexity index is 1010. The largest absolute Gasteiger partial charge is 0.472 e. The molecule has 1 aromatic carbocycles. The molecule has 2 bridgehead atoms. The number of hydrogen-bond donors (Lipinski definition) is 4. The number of amides is 1. The van der Waals surface area contributed by atoms with Gasteiger partial charge in [-0.15, -0.1) is 0 Å². The van der Waals surface area contributed by atoms with Crippen molar-refractivity contribution in [3.05, 3.63) is 48.0 Å². The minimum absolute atomic E-state index is 0.0149. The summed E-state index contributed by atoms with van der Waals surface area (Å²) in [5, 5.41) is 0.947. The summed E-state index contributed by atoms with van der Waals surface area (Å²) in [6.45, 7) is 0. The summed E-state index contributed by atoms with van der Waals surface area (Å²) in [7, 11) is -2.47. The van der Waals surface area contributed by atoms with Gasteiger partial charge in [0.05, 0.1) is 23.6 Å². The number of carbonyl (C=O) groups is 1. The Labute approximate surface area is 158 Å². The molecule has 0 aliphatic carbocycles. The lowest BCUT2D eigenvalue weighted by Crippen LogP contribution is -2.28. The van der Waals surface area contributed by atoms with Crippen molar-refractivity contribution in [2.24, 2.45) is 5.73 Å².